The molecule has 1 amide bonds. The molecular formula is C13H18F3N3O. The maximum Gasteiger partial charge on any atom is 0.393 e. The molecule has 1 aliphatic rings. The van der Waals surface area contributed by atoms with Gasteiger partial charge in [0.25, 0.3) is 5.91 Å². The van der Waals surface area contributed by atoms with Gasteiger partial charge in [0, 0.05) is 11.7 Å². The zero-order valence-electron chi connectivity index (χ0n) is 11.5. The van der Waals surface area contributed by atoms with Gasteiger partial charge in [-0.1, -0.05) is 12.8 Å². The summed E-state index contributed by atoms with van der Waals surface area (Å²) >= 11 is 0. The van der Waals surface area contributed by atoms with Crippen molar-refractivity contribution in [2.75, 3.05) is 0 Å². The molecule has 0 saturated heterocycles. The number of aromatic amines is 1. The van der Waals surface area contributed by atoms with Crippen LogP contribution in [0.5, 0.6) is 0 Å². The lowest BCUT2D eigenvalue weighted by molar-refractivity contribution is -0.187. The van der Waals surface area contributed by atoms with Gasteiger partial charge in [-0.05, 0) is 26.7 Å². The Bertz CT molecular complexity index is 476. The smallest absolute Gasteiger partial charge is 0.349 e. The maximum absolute atomic E-state index is 13.0. The molecule has 2 N–H and O–H groups in total. The number of aromatic nitrogens is 2. The average molecular weight is 289 g/mol. The largest absolute Gasteiger partial charge is 0.393 e. The van der Waals surface area contributed by atoms with Gasteiger partial charge in [-0.25, -0.2) is 0 Å². The minimum atomic E-state index is -4.27. The quantitative estimate of drug-likeness (QED) is 0.879. The molecule has 0 radical (unpaired) electrons. The van der Waals surface area contributed by atoms with Crippen molar-refractivity contribution >= 4 is 5.91 Å². The Hall–Kier alpha value is -1.53. The predicted octanol–water partition coefficient (Wildman–Crippen LogP) is 2.88. The number of H-pyrrole nitrogens is 1. The molecule has 1 fully saturated rings. The van der Waals surface area contributed by atoms with E-state index in [0.29, 0.717) is 36.2 Å². The number of hydrogen-bond donors (Lipinski definition) is 2. The number of halogens is 3. The number of nitrogens with zero attached hydrogens (tertiary/aromatic N) is 1. The minimum absolute atomic E-state index is 0.0811. The molecule has 1 heterocycles. The molecule has 20 heavy (non-hydrogen) atoms. The third kappa shape index (κ3) is 2.96. The lowest BCUT2D eigenvalue weighted by Crippen LogP contribution is -2.47. The summed E-state index contributed by atoms with van der Waals surface area (Å²) in [5.74, 6) is -1.93. The predicted molar refractivity (Wildman–Crippen MR) is 67.3 cm³/mol. The molecule has 0 aliphatic heterocycles. The van der Waals surface area contributed by atoms with Gasteiger partial charge in [0.05, 0.1) is 17.2 Å². The maximum atomic E-state index is 13.0. The number of nitrogens with one attached hydrogen (secondary N) is 2. The first-order chi connectivity index (χ1) is 9.30. The Kier molecular flexibility index (Phi) is 4.06. The van der Waals surface area contributed by atoms with Crippen LogP contribution >= 0.6 is 0 Å². The van der Waals surface area contributed by atoms with Crippen molar-refractivity contribution in [1.29, 1.82) is 0 Å². The molecule has 0 aromatic carbocycles. The van der Waals surface area contributed by atoms with Crippen molar-refractivity contribution in [2.45, 2.75) is 51.7 Å². The normalized spacial score (nSPS) is 23.6. The average Bonchev–Trinajstić information content (AvgIpc) is 2.68. The summed E-state index contributed by atoms with van der Waals surface area (Å²) < 4.78 is 38.9. The van der Waals surface area contributed by atoms with E-state index in [4.69, 9.17) is 0 Å². The third-order valence-electron chi connectivity index (χ3n) is 3.86. The summed E-state index contributed by atoms with van der Waals surface area (Å²) in [4.78, 5) is 12.1. The van der Waals surface area contributed by atoms with Crippen molar-refractivity contribution in [3.8, 4) is 0 Å². The third-order valence-corrected chi connectivity index (χ3v) is 3.86. The first-order valence-corrected chi connectivity index (χ1v) is 6.70. The van der Waals surface area contributed by atoms with E-state index in [1.807, 2.05) is 0 Å². The van der Waals surface area contributed by atoms with E-state index >= 15 is 0 Å². The van der Waals surface area contributed by atoms with Crippen molar-refractivity contribution < 1.29 is 18.0 Å². The van der Waals surface area contributed by atoms with Gasteiger partial charge in [-0.15, -0.1) is 0 Å². The molecule has 1 saturated carbocycles. The lowest BCUT2D eigenvalue weighted by Gasteiger charge is -2.33. The number of aryl methyl sites for hydroxylation is 2. The fraction of sp³-hybridized carbons (Fsp3) is 0.692. The van der Waals surface area contributed by atoms with Gasteiger partial charge in [-0.2, -0.15) is 18.3 Å². The SMILES string of the molecule is Cc1n[nH]c(C)c1C(=O)NC1CCCCC1C(F)(F)F. The molecule has 2 rings (SSSR count). The minimum Gasteiger partial charge on any atom is -0.349 e. The van der Waals surface area contributed by atoms with Crippen LogP contribution in [0.25, 0.3) is 0 Å². The van der Waals surface area contributed by atoms with Gasteiger partial charge in [0.1, 0.15) is 0 Å². The number of rotatable bonds is 2. The number of alkyl halides is 3. The highest BCUT2D eigenvalue weighted by atomic mass is 19.4. The highest BCUT2D eigenvalue weighted by molar-refractivity contribution is 5.96. The van der Waals surface area contributed by atoms with Gasteiger partial charge in [-0.3, -0.25) is 9.89 Å². The number of amides is 1. The fourth-order valence-corrected chi connectivity index (χ4v) is 2.82. The zero-order chi connectivity index (χ0) is 14.9. The molecule has 2 atom stereocenters. The summed E-state index contributed by atoms with van der Waals surface area (Å²) in [6.07, 6.45) is -2.55. The molecule has 1 aliphatic carbocycles. The fourth-order valence-electron chi connectivity index (χ4n) is 2.82. The molecule has 7 heteroatoms. The van der Waals surface area contributed by atoms with Crippen LogP contribution < -0.4 is 5.32 Å². The van der Waals surface area contributed by atoms with Crippen molar-refractivity contribution in [2.24, 2.45) is 5.92 Å². The molecule has 112 valence electrons. The van der Waals surface area contributed by atoms with E-state index in [0.717, 1.165) is 0 Å². The van der Waals surface area contributed by atoms with E-state index in [-0.39, 0.29) is 6.42 Å². The van der Waals surface area contributed by atoms with Crippen LogP contribution in [0.3, 0.4) is 0 Å². The topological polar surface area (TPSA) is 57.8 Å². The molecule has 1 aromatic heterocycles. The van der Waals surface area contributed by atoms with Crippen LogP contribution in [0.15, 0.2) is 0 Å². The number of carbonyl (C=O) groups is 1. The summed E-state index contributed by atoms with van der Waals surface area (Å²) in [5, 5.41) is 9.09. The zero-order valence-corrected chi connectivity index (χ0v) is 11.5. The van der Waals surface area contributed by atoms with Crippen molar-refractivity contribution in [3.05, 3.63) is 17.0 Å². The van der Waals surface area contributed by atoms with Gasteiger partial charge < -0.3 is 5.32 Å². The molecule has 2 unspecified atom stereocenters. The summed E-state index contributed by atoms with van der Waals surface area (Å²) in [6, 6.07) is -0.843. The van der Waals surface area contributed by atoms with Gasteiger partial charge in [0.2, 0.25) is 0 Å². The van der Waals surface area contributed by atoms with E-state index in [1.54, 1.807) is 13.8 Å². The molecule has 0 spiro atoms. The summed E-state index contributed by atoms with van der Waals surface area (Å²) in [6.45, 7) is 3.33. The second kappa shape index (κ2) is 5.46. The van der Waals surface area contributed by atoms with Crippen LogP contribution in [-0.4, -0.2) is 28.3 Å². The van der Waals surface area contributed by atoms with Crippen LogP contribution in [0.4, 0.5) is 13.2 Å². The second-order valence-corrected chi connectivity index (χ2v) is 5.32. The molecule has 4 nitrogen and oxygen atoms in total. The number of hydrogen-bond acceptors (Lipinski definition) is 2. The first kappa shape index (κ1) is 14.9. The van der Waals surface area contributed by atoms with Gasteiger partial charge in [0.15, 0.2) is 0 Å². The van der Waals surface area contributed by atoms with Crippen molar-refractivity contribution in [1.82, 2.24) is 15.5 Å². The van der Waals surface area contributed by atoms with E-state index in [9.17, 15) is 18.0 Å². The van der Waals surface area contributed by atoms with Crippen LogP contribution in [0.2, 0.25) is 0 Å². The second-order valence-electron chi connectivity index (χ2n) is 5.32. The molecule has 1 aromatic rings. The Morgan fingerprint density at radius 3 is 2.50 bits per heavy atom. The highest BCUT2D eigenvalue weighted by Crippen LogP contribution is 2.37. The van der Waals surface area contributed by atoms with Gasteiger partial charge >= 0.3 is 6.18 Å². The monoisotopic (exact) mass is 289 g/mol. The van der Waals surface area contributed by atoms with Crippen LogP contribution in [0, 0.1) is 19.8 Å². The van der Waals surface area contributed by atoms with Crippen LogP contribution in [-0.2, 0) is 0 Å². The summed E-state index contributed by atoms with van der Waals surface area (Å²) in [5.41, 5.74) is 1.41. The van der Waals surface area contributed by atoms with E-state index in [1.165, 1.54) is 0 Å². The lowest BCUT2D eigenvalue weighted by atomic mass is 9.84. The van der Waals surface area contributed by atoms with E-state index < -0.39 is 24.0 Å². The Balaban J connectivity index is 2.13. The summed E-state index contributed by atoms with van der Waals surface area (Å²) in [7, 11) is 0. The number of carbonyl (C=O) groups excluding carboxylic acids is 1. The van der Waals surface area contributed by atoms with E-state index in [2.05, 4.69) is 15.5 Å². The highest BCUT2D eigenvalue weighted by Gasteiger charge is 2.46. The Morgan fingerprint density at radius 2 is 1.95 bits per heavy atom. The van der Waals surface area contributed by atoms with Crippen LogP contribution in [0.1, 0.15) is 47.4 Å². The standard InChI is InChI=1S/C13H18F3N3O/c1-7-11(8(2)19-18-7)12(20)17-10-6-4-3-5-9(10)13(14,15)16/h9-10H,3-6H2,1-2H3,(H,17,20)(H,18,19). The first-order valence-electron chi connectivity index (χ1n) is 6.70. The van der Waals surface area contributed by atoms with Crippen molar-refractivity contribution in [3.63, 3.8) is 0 Å². The molecule has 0 bridgehead atoms. The Morgan fingerprint density at radius 1 is 1.30 bits per heavy atom. The Labute approximate surface area is 115 Å². The molecular weight excluding hydrogens is 271 g/mol.